The maximum atomic E-state index is 11.7. The van der Waals surface area contributed by atoms with Gasteiger partial charge in [-0.25, -0.2) is 14.6 Å². The lowest BCUT2D eigenvalue weighted by Crippen LogP contribution is -2.40. The summed E-state index contributed by atoms with van der Waals surface area (Å²) in [5.74, 6) is -1.71. The molecule has 4 atom stereocenters. The highest BCUT2D eigenvalue weighted by Gasteiger charge is 2.51. The first-order chi connectivity index (χ1) is 13.8. The molecule has 0 N–H and O–H groups in total. The lowest BCUT2D eigenvalue weighted by atomic mass is 10.1. The predicted molar refractivity (Wildman–Crippen MR) is 98.8 cm³/mol. The fourth-order valence-electron chi connectivity index (χ4n) is 3.08. The van der Waals surface area contributed by atoms with E-state index in [1.165, 1.54) is 43.5 Å². The average molecular weight is 424 g/mol. The zero-order valence-corrected chi connectivity index (χ0v) is 17.0. The minimum atomic E-state index is -1.02. The molecule has 1 saturated heterocycles. The second-order valence-corrected chi connectivity index (χ2v) is 7.02. The van der Waals surface area contributed by atoms with Crippen LogP contribution in [-0.4, -0.2) is 68.8 Å². The van der Waals surface area contributed by atoms with Gasteiger partial charge < -0.3 is 18.9 Å². The molecule has 1 aliphatic rings. The number of esters is 3. The third kappa shape index (κ3) is 4.48. The van der Waals surface area contributed by atoms with Crippen molar-refractivity contribution in [3.8, 4) is 0 Å². The van der Waals surface area contributed by atoms with Gasteiger partial charge in [-0.3, -0.25) is 14.4 Å². The SMILES string of the molecule is CSc1ncnc2c1cnn2[C@@H]1O[C@H](COC(C)=O)[C@@H](OC(C)=O)[C@H]1OC(C)=O. The zero-order valence-electron chi connectivity index (χ0n) is 16.2. The van der Waals surface area contributed by atoms with Crippen LogP contribution in [0.4, 0.5) is 0 Å². The van der Waals surface area contributed by atoms with Crippen molar-refractivity contribution in [3.05, 3.63) is 12.5 Å². The van der Waals surface area contributed by atoms with Crippen LogP contribution >= 0.6 is 11.8 Å². The van der Waals surface area contributed by atoms with Crippen molar-refractivity contribution >= 4 is 40.7 Å². The molecule has 0 saturated carbocycles. The second kappa shape index (κ2) is 8.74. The molecule has 0 bridgehead atoms. The van der Waals surface area contributed by atoms with Crippen LogP contribution in [0.2, 0.25) is 0 Å². The molecule has 0 amide bonds. The van der Waals surface area contributed by atoms with E-state index in [1.54, 1.807) is 6.20 Å². The summed E-state index contributed by atoms with van der Waals surface area (Å²) in [5, 5.41) is 5.73. The fourth-order valence-corrected chi connectivity index (χ4v) is 3.60. The number of ether oxygens (including phenoxy) is 4. The van der Waals surface area contributed by atoms with Crippen LogP contribution < -0.4 is 0 Å². The first-order valence-corrected chi connectivity index (χ1v) is 9.89. The first kappa shape index (κ1) is 21.0. The monoisotopic (exact) mass is 424 g/mol. The molecule has 156 valence electrons. The number of carbonyl (C=O) groups excluding carboxylic acids is 3. The van der Waals surface area contributed by atoms with Crippen molar-refractivity contribution in [2.45, 2.75) is 50.3 Å². The summed E-state index contributed by atoms with van der Waals surface area (Å²) < 4.78 is 23.2. The number of thioether (sulfide) groups is 1. The Balaban J connectivity index is 2.02. The van der Waals surface area contributed by atoms with E-state index >= 15 is 0 Å². The van der Waals surface area contributed by atoms with E-state index in [0.717, 1.165) is 5.03 Å². The highest BCUT2D eigenvalue weighted by atomic mass is 32.2. The molecule has 0 spiro atoms. The maximum absolute atomic E-state index is 11.7. The van der Waals surface area contributed by atoms with Crippen LogP contribution in [0.5, 0.6) is 0 Å². The van der Waals surface area contributed by atoms with E-state index in [4.69, 9.17) is 18.9 Å². The van der Waals surface area contributed by atoms with Crippen LogP contribution in [-0.2, 0) is 33.3 Å². The van der Waals surface area contributed by atoms with Gasteiger partial charge in [0, 0.05) is 20.8 Å². The van der Waals surface area contributed by atoms with E-state index in [-0.39, 0.29) is 6.61 Å². The molecule has 0 radical (unpaired) electrons. The standard InChI is InChI=1S/C17H20N4O7S/c1-8(22)25-6-12-13(26-9(2)23)14(27-10(3)24)17(28-12)21-15-11(5-20-21)16(29-4)19-7-18-15/h5,7,12-14,17H,6H2,1-4H3/t12-,13-,14-,17-/m1/s1. The molecule has 3 heterocycles. The van der Waals surface area contributed by atoms with Gasteiger partial charge in [0.15, 0.2) is 24.1 Å². The quantitative estimate of drug-likeness (QED) is 0.283. The van der Waals surface area contributed by atoms with E-state index in [2.05, 4.69) is 15.1 Å². The molecule has 2 aromatic rings. The minimum absolute atomic E-state index is 0.189. The lowest BCUT2D eigenvalue weighted by molar-refractivity contribution is -0.166. The molecule has 3 rings (SSSR count). The summed E-state index contributed by atoms with van der Waals surface area (Å²) in [6.07, 6.45) is 1.01. The van der Waals surface area contributed by atoms with Gasteiger partial charge in [-0.15, -0.1) is 11.8 Å². The third-order valence-electron chi connectivity index (χ3n) is 4.13. The van der Waals surface area contributed by atoms with Gasteiger partial charge in [-0.05, 0) is 6.26 Å². The van der Waals surface area contributed by atoms with Crippen molar-refractivity contribution in [2.24, 2.45) is 0 Å². The Hall–Kier alpha value is -2.73. The summed E-state index contributed by atoms with van der Waals surface area (Å²) in [4.78, 5) is 43.0. The van der Waals surface area contributed by atoms with Crippen molar-refractivity contribution in [3.63, 3.8) is 0 Å². The Morgan fingerprint density at radius 3 is 2.41 bits per heavy atom. The van der Waals surface area contributed by atoms with Crippen LogP contribution in [0, 0.1) is 0 Å². The molecular formula is C17H20N4O7S. The Kier molecular flexibility index (Phi) is 6.33. The molecule has 0 aliphatic carbocycles. The van der Waals surface area contributed by atoms with Crippen LogP contribution in [0.3, 0.4) is 0 Å². The Morgan fingerprint density at radius 1 is 1.10 bits per heavy atom. The van der Waals surface area contributed by atoms with Gasteiger partial charge in [-0.1, -0.05) is 0 Å². The number of hydrogen-bond acceptors (Lipinski definition) is 11. The smallest absolute Gasteiger partial charge is 0.303 e. The molecule has 29 heavy (non-hydrogen) atoms. The van der Waals surface area contributed by atoms with Crippen molar-refractivity contribution < 1.29 is 33.3 Å². The van der Waals surface area contributed by atoms with Gasteiger partial charge in [0.25, 0.3) is 0 Å². The van der Waals surface area contributed by atoms with Gasteiger partial charge in [0.2, 0.25) is 0 Å². The van der Waals surface area contributed by atoms with E-state index < -0.39 is 42.4 Å². The van der Waals surface area contributed by atoms with Crippen LogP contribution in [0.25, 0.3) is 11.0 Å². The van der Waals surface area contributed by atoms with Gasteiger partial charge in [0.05, 0.1) is 11.6 Å². The van der Waals surface area contributed by atoms with Gasteiger partial charge >= 0.3 is 17.9 Å². The summed E-state index contributed by atoms with van der Waals surface area (Å²) in [5.41, 5.74) is 0.459. The zero-order chi connectivity index (χ0) is 21.1. The number of rotatable bonds is 6. The number of aromatic nitrogens is 4. The van der Waals surface area contributed by atoms with Gasteiger partial charge in [0.1, 0.15) is 24.1 Å². The van der Waals surface area contributed by atoms with Crippen LogP contribution in [0.1, 0.15) is 27.0 Å². The van der Waals surface area contributed by atoms with Gasteiger partial charge in [-0.2, -0.15) is 5.10 Å². The molecule has 1 aliphatic heterocycles. The first-order valence-electron chi connectivity index (χ1n) is 8.67. The molecule has 12 heteroatoms. The Bertz CT molecular complexity index is 934. The average Bonchev–Trinajstić information content (AvgIpc) is 3.21. The molecular weight excluding hydrogens is 404 g/mol. The number of hydrogen-bond donors (Lipinski definition) is 0. The fraction of sp³-hybridized carbons (Fsp3) is 0.529. The molecule has 1 fully saturated rings. The van der Waals surface area contributed by atoms with Crippen molar-refractivity contribution in [1.82, 2.24) is 19.7 Å². The van der Waals surface area contributed by atoms with E-state index in [0.29, 0.717) is 11.0 Å². The van der Waals surface area contributed by atoms with Crippen molar-refractivity contribution in [2.75, 3.05) is 12.9 Å². The second-order valence-electron chi connectivity index (χ2n) is 6.23. The van der Waals surface area contributed by atoms with E-state index in [9.17, 15) is 14.4 Å². The summed E-state index contributed by atoms with van der Waals surface area (Å²) in [6.45, 7) is 3.52. The Morgan fingerprint density at radius 2 is 1.79 bits per heavy atom. The topological polar surface area (TPSA) is 132 Å². The normalized spacial score (nSPS) is 23.7. The highest BCUT2D eigenvalue weighted by molar-refractivity contribution is 7.98. The third-order valence-corrected chi connectivity index (χ3v) is 4.84. The van der Waals surface area contributed by atoms with Crippen LogP contribution in [0.15, 0.2) is 17.6 Å². The Labute approximate surface area is 170 Å². The summed E-state index contributed by atoms with van der Waals surface area (Å²) in [7, 11) is 0. The van der Waals surface area contributed by atoms with E-state index in [1.807, 2.05) is 6.26 Å². The maximum Gasteiger partial charge on any atom is 0.303 e. The number of fused-ring (bicyclic) bond motifs is 1. The molecule has 11 nitrogen and oxygen atoms in total. The largest absolute Gasteiger partial charge is 0.463 e. The number of nitrogens with zero attached hydrogens (tertiary/aromatic N) is 4. The summed E-state index contributed by atoms with van der Waals surface area (Å²) in [6, 6.07) is 0. The molecule has 2 aromatic heterocycles. The highest BCUT2D eigenvalue weighted by Crippen LogP contribution is 2.36. The number of carbonyl (C=O) groups is 3. The molecule has 0 aromatic carbocycles. The lowest BCUT2D eigenvalue weighted by Gasteiger charge is -2.23. The minimum Gasteiger partial charge on any atom is -0.463 e. The predicted octanol–water partition coefficient (Wildman–Crippen LogP) is 0.872. The molecule has 0 unspecified atom stereocenters. The summed E-state index contributed by atoms with van der Waals surface area (Å²) >= 11 is 1.43. The van der Waals surface area contributed by atoms with Crippen molar-refractivity contribution in [1.29, 1.82) is 0 Å².